The van der Waals surface area contributed by atoms with Crippen LogP contribution >= 0.6 is 0 Å². The summed E-state index contributed by atoms with van der Waals surface area (Å²) < 4.78 is 10.7. The van der Waals surface area contributed by atoms with Crippen LogP contribution in [0.4, 0.5) is 0 Å². The fraction of sp³-hybridized carbons (Fsp3) is 0.550. The third-order valence-electron chi connectivity index (χ3n) is 4.98. The Balaban J connectivity index is 1.55. The maximum absolute atomic E-state index is 12.2. The van der Waals surface area contributed by atoms with Crippen LogP contribution in [-0.2, 0) is 4.79 Å². The molecule has 0 aliphatic carbocycles. The number of benzene rings is 1. The number of amides is 1. The number of carbonyl (C=O) groups is 1. The van der Waals surface area contributed by atoms with Crippen molar-refractivity contribution in [3.05, 3.63) is 30.2 Å². The predicted molar refractivity (Wildman–Crippen MR) is 99.0 cm³/mol. The molecule has 26 heavy (non-hydrogen) atoms. The van der Waals surface area contributed by atoms with Crippen molar-refractivity contribution >= 4 is 5.91 Å². The van der Waals surface area contributed by atoms with Gasteiger partial charge in [0.2, 0.25) is 17.6 Å². The van der Waals surface area contributed by atoms with Gasteiger partial charge in [-0.05, 0) is 43.5 Å². The lowest BCUT2D eigenvalue weighted by molar-refractivity contribution is -0.132. The summed E-state index contributed by atoms with van der Waals surface area (Å²) in [5, 5.41) is 4.11. The number of carbonyl (C=O) groups excluding carboxylic acids is 1. The molecule has 6 nitrogen and oxygen atoms in total. The van der Waals surface area contributed by atoms with Crippen molar-refractivity contribution < 1.29 is 14.1 Å². The van der Waals surface area contributed by atoms with Crippen molar-refractivity contribution in [3.63, 3.8) is 0 Å². The molecule has 0 spiro atoms. The zero-order chi connectivity index (χ0) is 18.4. The standard InChI is InChI=1S/C20H27N3O3/c1-3-4-5-6-18(24)23-13-11-16(12-14-23)20-21-19(22-26-20)15-7-9-17(25-2)10-8-15/h7-10,16H,3-6,11-14H2,1-2H3. The second kappa shape index (κ2) is 8.83. The fourth-order valence-electron chi connectivity index (χ4n) is 3.32. The highest BCUT2D eigenvalue weighted by Crippen LogP contribution is 2.29. The van der Waals surface area contributed by atoms with Gasteiger partial charge in [-0.25, -0.2) is 0 Å². The maximum atomic E-state index is 12.2. The molecule has 2 aromatic rings. The molecule has 0 N–H and O–H groups in total. The van der Waals surface area contributed by atoms with Crippen LogP contribution in [0.15, 0.2) is 28.8 Å². The average molecular weight is 357 g/mol. The van der Waals surface area contributed by atoms with Crippen LogP contribution < -0.4 is 4.74 Å². The van der Waals surface area contributed by atoms with Crippen LogP contribution in [0, 0.1) is 0 Å². The summed E-state index contributed by atoms with van der Waals surface area (Å²) in [5.41, 5.74) is 0.907. The second-order valence-electron chi connectivity index (χ2n) is 6.80. The van der Waals surface area contributed by atoms with E-state index in [4.69, 9.17) is 9.26 Å². The number of hydrogen-bond donors (Lipinski definition) is 0. The van der Waals surface area contributed by atoms with Gasteiger partial charge in [0.25, 0.3) is 0 Å². The van der Waals surface area contributed by atoms with E-state index >= 15 is 0 Å². The zero-order valence-corrected chi connectivity index (χ0v) is 15.6. The number of hydrogen-bond acceptors (Lipinski definition) is 5. The number of unbranched alkanes of at least 4 members (excludes halogenated alkanes) is 2. The van der Waals surface area contributed by atoms with Gasteiger partial charge in [0.1, 0.15) is 5.75 Å². The molecule has 1 aliphatic heterocycles. The van der Waals surface area contributed by atoms with Crippen molar-refractivity contribution in [2.24, 2.45) is 0 Å². The van der Waals surface area contributed by atoms with Gasteiger partial charge >= 0.3 is 0 Å². The summed E-state index contributed by atoms with van der Waals surface area (Å²) in [7, 11) is 1.64. The summed E-state index contributed by atoms with van der Waals surface area (Å²) >= 11 is 0. The van der Waals surface area contributed by atoms with E-state index in [0.29, 0.717) is 18.1 Å². The maximum Gasteiger partial charge on any atom is 0.230 e. The van der Waals surface area contributed by atoms with E-state index in [1.165, 1.54) is 0 Å². The Morgan fingerprint density at radius 2 is 1.96 bits per heavy atom. The lowest BCUT2D eigenvalue weighted by Crippen LogP contribution is -2.37. The Labute approximate surface area is 154 Å². The first-order chi connectivity index (χ1) is 12.7. The van der Waals surface area contributed by atoms with Gasteiger partial charge in [-0.2, -0.15) is 4.98 Å². The molecule has 1 fully saturated rings. The first-order valence-corrected chi connectivity index (χ1v) is 9.47. The summed E-state index contributed by atoms with van der Waals surface area (Å²) in [6, 6.07) is 7.61. The van der Waals surface area contributed by atoms with E-state index in [1.54, 1.807) is 7.11 Å². The lowest BCUT2D eigenvalue weighted by atomic mass is 9.96. The first-order valence-electron chi connectivity index (χ1n) is 9.47. The van der Waals surface area contributed by atoms with Crippen molar-refractivity contribution in [1.82, 2.24) is 15.0 Å². The Morgan fingerprint density at radius 3 is 2.62 bits per heavy atom. The minimum absolute atomic E-state index is 0.231. The first kappa shape index (κ1) is 18.4. The Kier molecular flexibility index (Phi) is 6.26. The molecule has 0 saturated carbocycles. The van der Waals surface area contributed by atoms with Crippen LogP contribution in [0.25, 0.3) is 11.4 Å². The minimum Gasteiger partial charge on any atom is -0.497 e. The summed E-state index contributed by atoms with van der Waals surface area (Å²) in [5.74, 6) is 2.58. The van der Waals surface area contributed by atoms with Crippen molar-refractivity contribution in [1.29, 1.82) is 0 Å². The topological polar surface area (TPSA) is 68.5 Å². The SMILES string of the molecule is CCCCCC(=O)N1CCC(c2nc(-c3ccc(OC)cc3)no2)CC1. The predicted octanol–water partition coefficient (Wildman–Crippen LogP) is 4.03. The molecule has 0 atom stereocenters. The van der Waals surface area contributed by atoms with Gasteiger partial charge < -0.3 is 14.2 Å². The molecule has 1 aromatic heterocycles. The fourth-order valence-corrected chi connectivity index (χ4v) is 3.32. The van der Waals surface area contributed by atoms with E-state index in [1.807, 2.05) is 29.2 Å². The molecule has 1 aliphatic rings. The van der Waals surface area contributed by atoms with E-state index in [2.05, 4.69) is 17.1 Å². The van der Waals surface area contributed by atoms with E-state index in [9.17, 15) is 4.79 Å². The minimum atomic E-state index is 0.231. The highest BCUT2D eigenvalue weighted by molar-refractivity contribution is 5.76. The molecule has 3 rings (SSSR count). The van der Waals surface area contributed by atoms with Gasteiger partial charge in [-0.15, -0.1) is 0 Å². The molecule has 0 unspecified atom stereocenters. The van der Waals surface area contributed by atoms with Crippen LogP contribution in [0.3, 0.4) is 0 Å². The average Bonchev–Trinajstić information content (AvgIpc) is 3.18. The number of likely N-dealkylation sites (tertiary alicyclic amines) is 1. The quantitative estimate of drug-likeness (QED) is 0.700. The van der Waals surface area contributed by atoms with Crippen LogP contribution in [-0.4, -0.2) is 41.1 Å². The lowest BCUT2D eigenvalue weighted by Gasteiger charge is -2.30. The molecule has 6 heteroatoms. The molecule has 1 saturated heterocycles. The monoisotopic (exact) mass is 357 g/mol. The number of aromatic nitrogens is 2. The zero-order valence-electron chi connectivity index (χ0n) is 15.6. The van der Waals surface area contributed by atoms with Crippen LogP contribution in [0.5, 0.6) is 5.75 Å². The smallest absolute Gasteiger partial charge is 0.230 e. The second-order valence-corrected chi connectivity index (χ2v) is 6.80. The van der Waals surface area contributed by atoms with Gasteiger partial charge in [-0.3, -0.25) is 4.79 Å². The van der Waals surface area contributed by atoms with E-state index in [-0.39, 0.29) is 11.8 Å². The summed E-state index contributed by atoms with van der Waals surface area (Å²) in [6.07, 6.45) is 5.68. The van der Waals surface area contributed by atoms with Gasteiger partial charge in [0.05, 0.1) is 7.11 Å². The van der Waals surface area contributed by atoms with Gasteiger partial charge in [-0.1, -0.05) is 24.9 Å². The van der Waals surface area contributed by atoms with Crippen molar-refractivity contribution in [2.75, 3.05) is 20.2 Å². The summed E-state index contributed by atoms with van der Waals surface area (Å²) in [4.78, 5) is 18.8. The van der Waals surface area contributed by atoms with Gasteiger partial charge in [0, 0.05) is 31.0 Å². The highest BCUT2D eigenvalue weighted by atomic mass is 16.5. The largest absolute Gasteiger partial charge is 0.497 e. The van der Waals surface area contributed by atoms with E-state index < -0.39 is 0 Å². The summed E-state index contributed by atoms with van der Waals surface area (Å²) in [6.45, 7) is 3.70. The van der Waals surface area contributed by atoms with Gasteiger partial charge in [0.15, 0.2) is 0 Å². The molecular weight excluding hydrogens is 330 g/mol. The molecule has 2 heterocycles. The number of ether oxygens (including phenoxy) is 1. The third-order valence-corrected chi connectivity index (χ3v) is 4.98. The molecular formula is C20H27N3O3. The molecule has 1 aromatic carbocycles. The highest BCUT2D eigenvalue weighted by Gasteiger charge is 2.27. The Morgan fingerprint density at radius 1 is 1.23 bits per heavy atom. The van der Waals surface area contributed by atoms with E-state index in [0.717, 1.165) is 56.5 Å². The molecule has 0 bridgehead atoms. The number of rotatable bonds is 7. The Hall–Kier alpha value is -2.37. The van der Waals surface area contributed by atoms with Crippen molar-refractivity contribution in [3.8, 4) is 17.1 Å². The third kappa shape index (κ3) is 4.42. The number of methoxy groups -OCH3 is 1. The number of piperidine rings is 1. The Bertz CT molecular complexity index is 703. The number of nitrogens with zero attached hydrogens (tertiary/aromatic N) is 3. The van der Waals surface area contributed by atoms with Crippen LogP contribution in [0.1, 0.15) is 57.3 Å². The van der Waals surface area contributed by atoms with Crippen LogP contribution in [0.2, 0.25) is 0 Å². The molecule has 1 amide bonds. The molecule has 0 radical (unpaired) electrons. The molecule has 140 valence electrons. The van der Waals surface area contributed by atoms with Crippen molar-refractivity contribution in [2.45, 2.75) is 51.4 Å². The normalized spacial score (nSPS) is 15.2.